The molecule has 4 aliphatic heterocycles. The van der Waals surface area contributed by atoms with E-state index in [1.54, 1.807) is 11.8 Å². The van der Waals surface area contributed by atoms with E-state index in [2.05, 4.69) is 16.0 Å². The molecule has 260 valence electrons. The summed E-state index contributed by atoms with van der Waals surface area (Å²) < 4.78 is 40.5. The van der Waals surface area contributed by atoms with Gasteiger partial charge in [0.25, 0.3) is 5.92 Å². The minimum absolute atomic E-state index is 0.0673. The number of amides is 4. The van der Waals surface area contributed by atoms with Gasteiger partial charge in [-0.2, -0.15) is 0 Å². The number of ether oxygens (including phenoxy) is 2. The molecule has 1 aromatic rings. The maximum absolute atomic E-state index is 14.6. The topological polar surface area (TPSA) is 150 Å². The lowest BCUT2D eigenvalue weighted by molar-refractivity contribution is -0.150. The molecule has 1 aromatic carbocycles. The Morgan fingerprint density at radius 1 is 1.02 bits per heavy atom. The number of carboxylic acid groups (broad SMARTS) is 1. The zero-order chi connectivity index (χ0) is 34.1. The molecule has 4 amide bonds. The van der Waals surface area contributed by atoms with Crippen LogP contribution < -0.4 is 20.7 Å². The number of piperazine rings is 1. The van der Waals surface area contributed by atoms with Crippen LogP contribution in [0.5, 0.6) is 5.75 Å². The van der Waals surface area contributed by atoms with Gasteiger partial charge >= 0.3 is 6.09 Å². The predicted octanol–water partition coefficient (Wildman–Crippen LogP) is 2.78. The molecule has 1 unspecified atom stereocenters. The number of rotatable bonds is 8. The Labute approximate surface area is 273 Å². The molecule has 4 aliphatic rings. The SMILES string of the molecule is C[C@H](C(=O)N[C@H](C(=O)N1C[C@H]2CC(F)(F)CN2C[C@H]1C(=O)N[C@@H]1CCOc2ccccc21)C1CCOCC1)C(NC(=O)O)C(C)(C)C. The lowest BCUT2D eigenvalue weighted by Crippen LogP contribution is -2.66. The van der Waals surface area contributed by atoms with E-state index in [9.17, 15) is 33.1 Å². The summed E-state index contributed by atoms with van der Waals surface area (Å²) in [5, 5.41) is 17.9. The van der Waals surface area contributed by atoms with E-state index >= 15 is 0 Å². The molecule has 4 N–H and O–H groups in total. The van der Waals surface area contributed by atoms with Crippen LogP contribution in [-0.2, 0) is 19.1 Å². The maximum Gasteiger partial charge on any atom is 0.404 e. The fourth-order valence-electron chi connectivity index (χ4n) is 7.53. The molecular formula is C33H47F2N5O7. The second kappa shape index (κ2) is 13.9. The molecule has 14 heteroatoms. The van der Waals surface area contributed by atoms with Gasteiger partial charge < -0.3 is 35.4 Å². The Hall–Kier alpha value is -3.52. The highest BCUT2D eigenvalue weighted by Crippen LogP contribution is 2.37. The van der Waals surface area contributed by atoms with E-state index in [0.29, 0.717) is 44.8 Å². The van der Waals surface area contributed by atoms with Crippen molar-refractivity contribution in [3.8, 4) is 5.75 Å². The molecule has 0 saturated carbocycles. The summed E-state index contributed by atoms with van der Waals surface area (Å²) in [5.41, 5.74) is 0.180. The van der Waals surface area contributed by atoms with Crippen LogP contribution in [0.15, 0.2) is 24.3 Å². The van der Waals surface area contributed by atoms with Crippen LogP contribution in [0, 0.1) is 17.3 Å². The number of fused-ring (bicyclic) bond motifs is 2. The van der Waals surface area contributed by atoms with Crippen LogP contribution >= 0.6 is 0 Å². The lowest BCUT2D eigenvalue weighted by atomic mass is 9.79. The average molecular weight is 664 g/mol. The number of hydrogen-bond acceptors (Lipinski definition) is 7. The number of benzene rings is 1. The number of nitrogens with one attached hydrogen (secondary N) is 3. The van der Waals surface area contributed by atoms with Crippen LogP contribution in [0.2, 0.25) is 0 Å². The Balaban J connectivity index is 1.42. The first-order valence-electron chi connectivity index (χ1n) is 16.5. The third-order valence-electron chi connectivity index (χ3n) is 9.96. The summed E-state index contributed by atoms with van der Waals surface area (Å²) >= 11 is 0. The van der Waals surface area contributed by atoms with Crippen molar-refractivity contribution in [3.63, 3.8) is 0 Å². The summed E-state index contributed by atoms with van der Waals surface area (Å²) in [5.74, 6) is -4.97. The van der Waals surface area contributed by atoms with Gasteiger partial charge in [0.15, 0.2) is 0 Å². The van der Waals surface area contributed by atoms with E-state index in [1.807, 2.05) is 45.0 Å². The van der Waals surface area contributed by atoms with Gasteiger partial charge in [-0.25, -0.2) is 13.6 Å². The molecule has 0 aromatic heterocycles. The molecule has 0 aliphatic carbocycles. The highest BCUT2D eigenvalue weighted by atomic mass is 19.3. The fourth-order valence-corrected chi connectivity index (χ4v) is 7.53. The molecule has 3 saturated heterocycles. The number of hydrogen-bond donors (Lipinski definition) is 4. The molecule has 6 atom stereocenters. The van der Waals surface area contributed by atoms with Crippen LogP contribution in [-0.4, -0.2) is 108 Å². The highest BCUT2D eigenvalue weighted by molar-refractivity contribution is 5.93. The molecule has 4 heterocycles. The molecular weight excluding hydrogens is 616 g/mol. The van der Waals surface area contributed by atoms with E-state index in [1.165, 1.54) is 4.90 Å². The van der Waals surface area contributed by atoms with E-state index in [0.717, 1.165) is 5.56 Å². The summed E-state index contributed by atoms with van der Waals surface area (Å²) in [7, 11) is 0. The zero-order valence-corrected chi connectivity index (χ0v) is 27.5. The molecule has 5 rings (SSSR count). The Morgan fingerprint density at radius 3 is 2.40 bits per heavy atom. The zero-order valence-electron chi connectivity index (χ0n) is 27.5. The number of nitrogens with zero attached hydrogens (tertiary/aromatic N) is 2. The monoisotopic (exact) mass is 663 g/mol. The second-order valence-electron chi connectivity index (χ2n) is 14.4. The first-order chi connectivity index (χ1) is 22.1. The van der Waals surface area contributed by atoms with Crippen LogP contribution in [0.3, 0.4) is 0 Å². The summed E-state index contributed by atoms with van der Waals surface area (Å²) in [6.07, 6.45) is -0.255. The van der Waals surface area contributed by atoms with Gasteiger partial charge in [-0.3, -0.25) is 19.3 Å². The number of carbonyl (C=O) groups excluding carboxylic acids is 3. The predicted molar refractivity (Wildman–Crippen MR) is 167 cm³/mol. The van der Waals surface area contributed by atoms with E-state index in [4.69, 9.17) is 9.47 Å². The largest absolute Gasteiger partial charge is 0.493 e. The summed E-state index contributed by atoms with van der Waals surface area (Å²) in [6.45, 7) is 7.54. The molecule has 47 heavy (non-hydrogen) atoms. The van der Waals surface area contributed by atoms with Crippen LogP contribution in [0.25, 0.3) is 0 Å². The van der Waals surface area contributed by atoms with Gasteiger partial charge in [-0.05, 0) is 30.2 Å². The van der Waals surface area contributed by atoms with Crippen molar-refractivity contribution >= 4 is 23.8 Å². The van der Waals surface area contributed by atoms with Gasteiger partial charge in [0.05, 0.1) is 25.1 Å². The standard InChI is InChI=1S/C33H47F2N5O7/c1-19(27(32(2,3)4)38-31(44)45)28(41)37-26(20-9-12-46-13-10-20)30(43)40-16-21-15-33(34,35)18-39(21)17-24(40)29(42)36-23-11-14-47-25-8-6-5-7-22(23)25/h5-8,19-21,23-24,26-27,38H,9-18H2,1-4H3,(H,36,42)(H,37,41)(H,44,45)/t19-,21+,23+,24-,26-,27?/m0/s1. The molecule has 0 spiro atoms. The average Bonchev–Trinajstić information content (AvgIpc) is 3.33. The highest BCUT2D eigenvalue weighted by Gasteiger charge is 2.52. The maximum atomic E-state index is 14.6. The van der Waals surface area contributed by atoms with Gasteiger partial charge in [-0.15, -0.1) is 0 Å². The smallest absolute Gasteiger partial charge is 0.404 e. The quantitative estimate of drug-likeness (QED) is 0.332. The van der Waals surface area contributed by atoms with Crippen molar-refractivity contribution in [1.29, 1.82) is 0 Å². The Kier molecular flexibility index (Phi) is 10.3. The first-order valence-corrected chi connectivity index (χ1v) is 16.5. The Morgan fingerprint density at radius 2 is 1.72 bits per heavy atom. The van der Waals surface area contributed by atoms with Gasteiger partial charge in [-0.1, -0.05) is 45.9 Å². The normalized spacial score (nSPS) is 26.5. The number of para-hydroxylation sites is 1. The molecule has 0 bridgehead atoms. The molecule has 3 fully saturated rings. The van der Waals surface area contributed by atoms with Crippen molar-refractivity contribution in [2.45, 2.75) is 89.5 Å². The number of carbonyl (C=O) groups is 4. The van der Waals surface area contributed by atoms with Crippen molar-refractivity contribution in [1.82, 2.24) is 25.8 Å². The second-order valence-corrected chi connectivity index (χ2v) is 14.4. The molecule has 0 radical (unpaired) electrons. The number of halogens is 2. The third-order valence-corrected chi connectivity index (χ3v) is 9.96. The van der Waals surface area contributed by atoms with Gasteiger partial charge in [0, 0.05) is 56.8 Å². The minimum Gasteiger partial charge on any atom is -0.493 e. The Bertz CT molecular complexity index is 1330. The van der Waals surface area contributed by atoms with Crippen LogP contribution in [0.4, 0.5) is 13.6 Å². The van der Waals surface area contributed by atoms with Crippen LogP contribution in [0.1, 0.15) is 65.0 Å². The van der Waals surface area contributed by atoms with E-state index < -0.39 is 78.2 Å². The van der Waals surface area contributed by atoms with E-state index in [-0.39, 0.29) is 25.0 Å². The fraction of sp³-hybridized carbons (Fsp3) is 0.697. The van der Waals surface area contributed by atoms with Gasteiger partial charge in [0.2, 0.25) is 17.7 Å². The minimum atomic E-state index is -2.95. The lowest BCUT2D eigenvalue weighted by Gasteiger charge is -2.45. The van der Waals surface area contributed by atoms with Crippen molar-refractivity contribution in [2.75, 3.05) is 39.5 Å². The molecule has 12 nitrogen and oxygen atoms in total. The summed E-state index contributed by atoms with van der Waals surface area (Å²) in [4.78, 5) is 57.0. The van der Waals surface area contributed by atoms with Crippen molar-refractivity contribution in [2.24, 2.45) is 17.3 Å². The van der Waals surface area contributed by atoms with Crippen molar-refractivity contribution in [3.05, 3.63) is 29.8 Å². The summed E-state index contributed by atoms with van der Waals surface area (Å²) in [6, 6.07) is 3.44. The van der Waals surface area contributed by atoms with Gasteiger partial charge in [0.1, 0.15) is 17.8 Å². The third kappa shape index (κ3) is 7.97. The van der Waals surface area contributed by atoms with Crippen molar-refractivity contribution < 1.29 is 42.5 Å². The first kappa shape index (κ1) is 34.8. The number of alkyl halides is 2.